The third-order valence-electron chi connectivity index (χ3n) is 2.17. The summed E-state index contributed by atoms with van der Waals surface area (Å²) in [6.07, 6.45) is -4.66. The van der Waals surface area contributed by atoms with E-state index in [1.165, 1.54) is 6.07 Å². The molecule has 0 aliphatic heterocycles. The molecule has 1 aromatic rings. The molecule has 0 aliphatic rings. The summed E-state index contributed by atoms with van der Waals surface area (Å²) in [4.78, 5) is 12.2. The van der Waals surface area contributed by atoms with Crippen LogP contribution in [0.15, 0.2) is 18.2 Å². The molecule has 0 aromatic heterocycles. The molecule has 0 atom stereocenters. The molecule has 0 spiro atoms. The van der Waals surface area contributed by atoms with Crippen LogP contribution in [0, 0.1) is 5.41 Å². The van der Waals surface area contributed by atoms with Gasteiger partial charge < -0.3 is 5.73 Å². The van der Waals surface area contributed by atoms with Gasteiger partial charge in [0, 0.05) is 7.05 Å². The number of amides is 2. The Kier molecular flexibility index (Phi) is 4.25. The van der Waals surface area contributed by atoms with Gasteiger partial charge in [0.05, 0.1) is 16.3 Å². The number of carbonyl (C=O) groups is 1. The molecule has 2 amide bonds. The molecule has 1 aromatic carbocycles. The zero-order valence-corrected chi connectivity index (χ0v) is 10.4. The van der Waals surface area contributed by atoms with Crippen LogP contribution in [0.25, 0.3) is 0 Å². The Morgan fingerprint density at radius 2 is 2.05 bits per heavy atom. The number of guanidine groups is 1. The fourth-order valence-corrected chi connectivity index (χ4v) is 1.69. The number of halogens is 4. The van der Waals surface area contributed by atoms with E-state index in [0.717, 1.165) is 19.2 Å². The summed E-state index contributed by atoms with van der Waals surface area (Å²) in [5, 5.41) is 8.50. The lowest BCUT2D eigenvalue weighted by Crippen LogP contribution is -2.44. The van der Waals surface area contributed by atoms with E-state index >= 15 is 0 Å². The van der Waals surface area contributed by atoms with Crippen molar-refractivity contribution in [3.8, 4) is 0 Å². The lowest BCUT2D eigenvalue weighted by atomic mass is 10.1. The Bertz CT molecular complexity index is 518. The summed E-state index contributed by atoms with van der Waals surface area (Å²) in [5.74, 6) is -0.683. The van der Waals surface area contributed by atoms with Gasteiger partial charge in [0.2, 0.25) is 0 Å². The van der Waals surface area contributed by atoms with E-state index < -0.39 is 29.4 Å². The predicted molar refractivity (Wildman–Crippen MR) is 65.3 cm³/mol. The summed E-state index contributed by atoms with van der Waals surface area (Å²) in [5.41, 5.74) is 3.38. The van der Waals surface area contributed by atoms with Crippen LogP contribution in [-0.2, 0) is 6.18 Å². The van der Waals surface area contributed by atoms with Crippen molar-refractivity contribution in [3.63, 3.8) is 0 Å². The van der Waals surface area contributed by atoms with Crippen molar-refractivity contribution in [2.24, 2.45) is 5.73 Å². The second kappa shape index (κ2) is 5.35. The minimum atomic E-state index is -4.66. The van der Waals surface area contributed by atoms with Crippen LogP contribution in [0.2, 0.25) is 5.02 Å². The van der Waals surface area contributed by atoms with E-state index in [0.29, 0.717) is 4.90 Å². The smallest absolute Gasteiger partial charge is 0.370 e. The number of carbonyl (C=O) groups excluding carboxylic acids is 1. The summed E-state index contributed by atoms with van der Waals surface area (Å²) in [6.45, 7) is 0. The quantitative estimate of drug-likeness (QED) is 0.549. The SMILES string of the molecule is CN(C(=O)NC(=N)N)c1c(Cl)cccc1C(F)(F)F. The molecule has 0 bridgehead atoms. The predicted octanol–water partition coefficient (Wildman–Crippen LogP) is 2.40. The van der Waals surface area contributed by atoms with Crippen molar-refractivity contribution in [2.45, 2.75) is 6.18 Å². The van der Waals surface area contributed by atoms with Crippen molar-refractivity contribution in [1.29, 1.82) is 5.41 Å². The highest BCUT2D eigenvalue weighted by atomic mass is 35.5. The van der Waals surface area contributed by atoms with Gasteiger partial charge in [-0.25, -0.2) is 4.79 Å². The van der Waals surface area contributed by atoms with Crippen molar-refractivity contribution in [3.05, 3.63) is 28.8 Å². The molecule has 1 rings (SSSR count). The Balaban J connectivity index is 3.26. The molecule has 104 valence electrons. The molecule has 5 nitrogen and oxygen atoms in total. The van der Waals surface area contributed by atoms with Gasteiger partial charge in [-0.2, -0.15) is 13.2 Å². The van der Waals surface area contributed by atoms with Crippen LogP contribution in [0.4, 0.5) is 23.7 Å². The van der Waals surface area contributed by atoms with E-state index in [1.807, 2.05) is 5.32 Å². The highest BCUT2D eigenvalue weighted by Crippen LogP contribution is 2.40. The van der Waals surface area contributed by atoms with Gasteiger partial charge >= 0.3 is 12.2 Å². The van der Waals surface area contributed by atoms with Crippen molar-refractivity contribution in [1.82, 2.24) is 5.32 Å². The fraction of sp³-hybridized carbons (Fsp3) is 0.200. The molecule has 0 unspecified atom stereocenters. The van der Waals surface area contributed by atoms with E-state index in [-0.39, 0.29) is 5.02 Å². The number of alkyl halides is 3. The zero-order chi connectivity index (χ0) is 14.8. The molecule has 0 heterocycles. The fourth-order valence-electron chi connectivity index (χ4n) is 1.39. The number of benzene rings is 1. The van der Waals surface area contributed by atoms with Crippen LogP contribution in [0.5, 0.6) is 0 Å². The normalized spacial score (nSPS) is 11.0. The van der Waals surface area contributed by atoms with Crippen LogP contribution < -0.4 is 16.0 Å². The first-order chi connectivity index (χ1) is 8.64. The number of para-hydroxylation sites is 1. The van der Waals surface area contributed by atoms with Crippen LogP contribution in [-0.4, -0.2) is 19.0 Å². The van der Waals surface area contributed by atoms with Crippen LogP contribution in [0.1, 0.15) is 5.56 Å². The molecular formula is C10H10ClF3N4O. The van der Waals surface area contributed by atoms with Gasteiger partial charge in [-0.3, -0.25) is 15.6 Å². The average Bonchev–Trinajstić information content (AvgIpc) is 2.25. The minimum Gasteiger partial charge on any atom is -0.370 e. The summed E-state index contributed by atoms with van der Waals surface area (Å²) in [7, 11) is 1.09. The lowest BCUT2D eigenvalue weighted by Gasteiger charge is -2.23. The second-order valence-corrected chi connectivity index (χ2v) is 3.94. The van der Waals surface area contributed by atoms with Crippen molar-refractivity contribution < 1.29 is 18.0 Å². The van der Waals surface area contributed by atoms with E-state index in [4.69, 9.17) is 22.7 Å². The molecule has 9 heteroatoms. The van der Waals surface area contributed by atoms with E-state index in [1.54, 1.807) is 0 Å². The molecule has 4 N–H and O–H groups in total. The van der Waals surface area contributed by atoms with Gasteiger partial charge in [0.15, 0.2) is 5.96 Å². The standard InChI is InChI=1S/C10H10ClF3N4O/c1-18(9(19)17-8(15)16)7-5(10(12,13)14)3-2-4-6(7)11/h2-4H,1H3,(H4,15,16,17,19). The minimum absolute atomic E-state index is 0.240. The Morgan fingerprint density at radius 3 is 2.53 bits per heavy atom. The Labute approximate surface area is 111 Å². The maximum atomic E-state index is 12.8. The van der Waals surface area contributed by atoms with E-state index in [2.05, 4.69) is 0 Å². The van der Waals surface area contributed by atoms with Crippen LogP contribution in [0.3, 0.4) is 0 Å². The number of urea groups is 1. The number of hydrogen-bond acceptors (Lipinski definition) is 2. The first-order valence-corrected chi connectivity index (χ1v) is 5.27. The highest BCUT2D eigenvalue weighted by Gasteiger charge is 2.36. The van der Waals surface area contributed by atoms with Crippen molar-refractivity contribution in [2.75, 3.05) is 11.9 Å². The number of nitrogens with one attached hydrogen (secondary N) is 2. The molecule has 19 heavy (non-hydrogen) atoms. The summed E-state index contributed by atoms with van der Waals surface area (Å²) >= 11 is 5.70. The van der Waals surface area contributed by atoms with E-state index in [9.17, 15) is 18.0 Å². The first-order valence-electron chi connectivity index (χ1n) is 4.89. The van der Waals surface area contributed by atoms with Gasteiger partial charge in [0.25, 0.3) is 0 Å². The van der Waals surface area contributed by atoms with Gasteiger partial charge in [-0.05, 0) is 12.1 Å². The Morgan fingerprint density at radius 1 is 1.47 bits per heavy atom. The molecule has 0 aliphatic carbocycles. The lowest BCUT2D eigenvalue weighted by molar-refractivity contribution is -0.137. The van der Waals surface area contributed by atoms with Gasteiger partial charge in [0.1, 0.15) is 0 Å². The number of rotatable bonds is 1. The third-order valence-corrected chi connectivity index (χ3v) is 2.48. The number of nitrogens with two attached hydrogens (primary N) is 1. The monoisotopic (exact) mass is 294 g/mol. The maximum Gasteiger partial charge on any atom is 0.418 e. The molecule has 0 saturated carbocycles. The zero-order valence-electron chi connectivity index (χ0n) is 9.68. The molecule has 0 fully saturated rings. The molecular weight excluding hydrogens is 285 g/mol. The summed E-state index contributed by atoms with van der Waals surface area (Å²) < 4.78 is 38.5. The largest absolute Gasteiger partial charge is 0.418 e. The molecule has 0 radical (unpaired) electrons. The first kappa shape index (κ1) is 15.1. The average molecular weight is 295 g/mol. The number of hydrogen-bond donors (Lipinski definition) is 3. The molecule has 0 saturated heterocycles. The Hall–Kier alpha value is -1.96. The van der Waals surface area contributed by atoms with Crippen molar-refractivity contribution >= 4 is 29.3 Å². The van der Waals surface area contributed by atoms with Gasteiger partial charge in [-0.1, -0.05) is 17.7 Å². The second-order valence-electron chi connectivity index (χ2n) is 3.54. The maximum absolute atomic E-state index is 12.8. The number of nitrogens with zero attached hydrogens (tertiary/aromatic N) is 1. The highest BCUT2D eigenvalue weighted by molar-refractivity contribution is 6.34. The summed E-state index contributed by atoms with van der Waals surface area (Å²) in [6, 6.07) is 2.17. The number of anilines is 1. The topological polar surface area (TPSA) is 82.2 Å². The van der Waals surface area contributed by atoms with Crippen LogP contribution >= 0.6 is 11.6 Å². The van der Waals surface area contributed by atoms with Gasteiger partial charge in [-0.15, -0.1) is 0 Å². The third kappa shape index (κ3) is 3.50.